The van der Waals surface area contributed by atoms with Crippen LogP contribution in [0.1, 0.15) is 71.8 Å². The van der Waals surface area contributed by atoms with Crippen molar-refractivity contribution in [1.29, 1.82) is 0 Å². The second-order valence-electron chi connectivity index (χ2n) is 8.59. The first-order valence-corrected chi connectivity index (χ1v) is 11.2. The van der Waals surface area contributed by atoms with Gasteiger partial charge in [-0.25, -0.2) is 0 Å². The number of nitrogens with one attached hydrogen (secondary N) is 1. The van der Waals surface area contributed by atoms with Crippen molar-refractivity contribution < 1.29 is 9.59 Å². The molecule has 1 aromatic carbocycles. The second-order valence-corrected chi connectivity index (χ2v) is 8.59. The number of carbonyl (C=O) groups is 2. The maximum Gasteiger partial charge on any atom is 0.227 e. The average Bonchev–Trinajstić information content (AvgIpc) is 2.64. The van der Waals surface area contributed by atoms with Crippen molar-refractivity contribution >= 4 is 23.2 Å². The second kappa shape index (κ2) is 10.7. The van der Waals surface area contributed by atoms with Gasteiger partial charge in [-0.2, -0.15) is 0 Å². The molecule has 29 heavy (non-hydrogen) atoms. The van der Waals surface area contributed by atoms with Crippen molar-refractivity contribution in [1.82, 2.24) is 4.90 Å². The third-order valence-electron chi connectivity index (χ3n) is 6.39. The first-order chi connectivity index (χ1) is 13.8. The third-order valence-corrected chi connectivity index (χ3v) is 6.39. The summed E-state index contributed by atoms with van der Waals surface area (Å²) in [5.41, 5.74) is 2.97. The van der Waals surface area contributed by atoms with Crippen LogP contribution >= 0.6 is 0 Å². The van der Waals surface area contributed by atoms with Gasteiger partial charge in [0, 0.05) is 49.9 Å². The molecule has 0 aliphatic heterocycles. The lowest BCUT2D eigenvalue weighted by Gasteiger charge is -2.33. The summed E-state index contributed by atoms with van der Waals surface area (Å²) < 4.78 is 0. The van der Waals surface area contributed by atoms with Crippen molar-refractivity contribution in [3.05, 3.63) is 23.8 Å². The molecule has 1 saturated carbocycles. The highest BCUT2D eigenvalue weighted by atomic mass is 16.2. The fourth-order valence-electron chi connectivity index (χ4n) is 3.87. The molecule has 162 valence electrons. The lowest BCUT2D eigenvalue weighted by Crippen LogP contribution is -2.41. The van der Waals surface area contributed by atoms with E-state index >= 15 is 0 Å². The number of nitrogens with zero attached hydrogens (tertiary/aromatic N) is 2. The molecule has 1 aliphatic carbocycles. The summed E-state index contributed by atoms with van der Waals surface area (Å²) in [6.07, 6.45) is 5.76. The molecule has 0 radical (unpaired) electrons. The van der Waals surface area contributed by atoms with Crippen molar-refractivity contribution in [3.8, 4) is 0 Å². The molecule has 2 rings (SSSR count). The molecule has 0 heterocycles. The number of anilines is 2. The van der Waals surface area contributed by atoms with Crippen molar-refractivity contribution in [3.63, 3.8) is 0 Å². The summed E-state index contributed by atoms with van der Waals surface area (Å²) in [6, 6.07) is 6.22. The lowest BCUT2D eigenvalue weighted by molar-refractivity contribution is -0.138. The zero-order valence-corrected chi connectivity index (χ0v) is 19.1. The van der Waals surface area contributed by atoms with Crippen LogP contribution in [0, 0.1) is 11.8 Å². The predicted molar refractivity (Wildman–Crippen MR) is 121 cm³/mol. The van der Waals surface area contributed by atoms with Gasteiger partial charge >= 0.3 is 0 Å². The SMILES string of the molecule is CCC(CC)C(=O)N(Cc1cc(NC(=O)C2CCC2)ccc1N(C)C)[C@@H](C)CC. The molecule has 1 aliphatic rings. The number of hydrogen-bond donors (Lipinski definition) is 1. The minimum Gasteiger partial charge on any atom is -0.377 e. The van der Waals surface area contributed by atoms with Crippen molar-refractivity contribution in [2.45, 2.75) is 78.8 Å². The van der Waals surface area contributed by atoms with Crippen LogP contribution in [0.25, 0.3) is 0 Å². The Bertz CT molecular complexity index is 693. The molecule has 5 nitrogen and oxygen atoms in total. The average molecular weight is 402 g/mol. The molecule has 2 amide bonds. The maximum absolute atomic E-state index is 13.2. The van der Waals surface area contributed by atoms with Crippen LogP contribution in [0.4, 0.5) is 11.4 Å². The van der Waals surface area contributed by atoms with Gasteiger partial charge in [-0.15, -0.1) is 0 Å². The van der Waals surface area contributed by atoms with Gasteiger partial charge in [0.05, 0.1) is 0 Å². The number of hydrogen-bond acceptors (Lipinski definition) is 3. The van der Waals surface area contributed by atoms with Gasteiger partial charge < -0.3 is 15.1 Å². The quantitative estimate of drug-likeness (QED) is 0.596. The molecule has 1 N–H and O–H groups in total. The lowest BCUT2D eigenvalue weighted by atomic mass is 9.85. The molecule has 0 aromatic heterocycles. The minimum atomic E-state index is 0.0632. The van der Waals surface area contributed by atoms with E-state index < -0.39 is 0 Å². The molecule has 0 bridgehead atoms. The van der Waals surface area contributed by atoms with Gasteiger partial charge in [0.1, 0.15) is 0 Å². The Morgan fingerprint density at radius 1 is 1.10 bits per heavy atom. The number of benzene rings is 1. The molecule has 0 unspecified atom stereocenters. The third kappa shape index (κ3) is 5.74. The van der Waals surface area contributed by atoms with Gasteiger partial charge in [-0.1, -0.05) is 27.2 Å². The highest BCUT2D eigenvalue weighted by molar-refractivity contribution is 5.93. The standard InChI is InChI=1S/C24H39N3O2/c1-7-17(4)27(24(29)18(8-2)9-3)16-20-15-21(13-14-22(20)26(5)6)25-23(28)19-11-10-12-19/h13-15,17-19H,7-12,16H2,1-6H3,(H,25,28)/t17-/m0/s1. The highest BCUT2D eigenvalue weighted by Gasteiger charge is 2.27. The fraction of sp³-hybridized carbons (Fsp3) is 0.667. The van der Waals surface area contributed by atoms with E-state index in [1.807, 2.05) is 37.2 Å². The van der Waals surface area contributed by atoms with E-state index in [0.29, 0.717) is 6.54 Å². The van der Waals surface area contributed by atoms with E-state index in [2.05, 4.69) is 37.9 Å². The van der Waals surface area contributed by atoms with Gasteiger partial charge in [-0.05, 0) is 62.8 Å². The van der Waals surface area contributed by atoms with E-state index in [1.54, 1.807) is 0 Å². The number of carbonyl (C=O) groups excluding carboxylic acids is 2. The monoisotopic (exact) mass is 401 g/mol. The van der Waals surface area contributed by atoms with Gasteiger partial charge in [0.2, 0.25) is 11.8 Å². The first-order valence-electron chi connectivity index (χ1n) is 11.2. The Morgan fingerprint density at radius 3 is 2.24 bits per heavy atom. The topological polar surface area (TPSA) is 52.7 Å². The number of rotatable bonds is 10. The first kappa shape index (κ1) is 23.2. The largest absolute Gasteiger partial charge is 0.377 e. The zero-order chi connectivity index (χ0) is 21.6. The van der Waals surface area contributed by atoms with Crippen LogP contribution in [0.3, 0.4) is 0 Å². The van der Waals surface area contributed by atoms with E-state index in [-0.39, 0.29) is 29.7 Å². The number of amides is 2. The van der Waals surface area contributed by atoms with E-state index in [1.165, 1.54) is 0 Å². The molecule has 0 saturated heterocycles. The molecule has 1 aromatic rings. The van der Waals surface area contributed by atoms with Crippen LogP contribution in [0.5, 0.6) is 0 Å². The van der Waals surface area contributed by atoms with Crippen LogP contribution < -0.4 is 10.2 Å². The van der Waals surface area contributed by atoms with Gasteiger partial charge in [0.25, 0.3) is 0 Å². The smallest absolute Gasteiger partial charge is 0.227 e. The van der Waals surface area contributed by atoms with Crippen LogP contribution in [-0.2, 0) is 16.1 Å². The Morgan fingerprint density at radius 2 is 1.76 bits per heavy atom. The van der Waals surface area contributed by atoms with Crippen LogP contribution in [-0.4, -0.2) is 36.9 Å². The van der Waals surface area contributed by atoms with E-state index in [9.17, 15) is 9.59 Å². The van der Waals surface area contributed by atoms with Crippen LogP contribution in [0.15, 0.2) is 18.2 Å². The summed E-state index contributed by atoms with van der Waals surface area (Å²) in [5.74, 6) is 0.568. The molecular formula is C24H39N3O2. The Labute approximate surface area is 176 Å². The van der Waals surface area contributed by atoms with Crippen molar-refractivity contribution in [2.24, 2.45) is 11.8 Å². The summed E-state index contributed by atoms with van der Waals surface area (Å²) in [6.45, 7) is 8.98. The Balaban J connectivity index is 2.30. The Hall–Kier alpha value is -2.04. The maximum atomic E-state index is 13.2. The van der Waals surface area contributed by atoms with Gasteiger partial charge in [-0.3, -0.25) is 9.59 Å². The molecular weight excluding hydrogens is 362 g/mol. The van der Waals surface area contributed by atoms with E-state index in [0.717, 1.165) is 55.5 Å². The van der Waals surface area contributed by atoms with Gasteiger partial charge in [0.15, 0.2) is 0 Å². The summed E-state index contributed by atoms with van der Waals surface area (Å²) in [4.78, 5) is 29.7. The molecule has 0 spiro atoms. The van der Waals surface area contributed by atoms with Crippen molar-refractivity contribution in [2.75, 3.05) is 24.3 Å². The summed E-state index contributed by atoms with van der Waals surface area (Å²) in [7, 11) is 4.03. The predicted octanol–water partition coefficient (Wildman–Crippen LogP) is 5.05. The fourth-order valence-corrected chi connectivity index (χ4v) is 3.87. The summed E-state index contributed by atoms with van der Waals surface area (Å²) >= 11 is 0. The summed E-state index contributed by atoms with van der Waals surface area (Å²) in [5, 5.41) is 3.08. The normalized spacial score (nSPS) is 15.0. The molecule has 5 heteroatoms. The van der Waals surface area contributed by atoms with E-state index in [4.69, 9.17) is 0 Å². The Kier molecular flexibility index (Phi) is 8.54. The highest BCUT2D eigenvalue weighted by Crippen LogP contribution is 2.30. The molecule has 1 atom stereocenters. The minimum absolute atomic E-state index is 0.0632. The molecule has 1 fully saturated rings. The zero-order valence-electron chi connectivity index (χ0n) is 19.1. The van der Waals surface area contributed by atoms with Crippen LogP contribution in [0.2, 0.25) is 0 Å².